The van der Waals surface area contributed by atoms with Crippen molar-refractivity contribution in [3.05, 3.63) is 0 Å². The second kappa shape index (κ2) is 4.82. The molecule has 0 spiro atoms. The van der Waals surface area contributed by atoms with Crippen LogP contribution in [0.25, 0.3) is 0 Å². The molecule has 2 bridgehead atoms. The van der Waals surface area contributed by atoms with Gasteiger partial charge in [0.05, 0.1) is 18.1 Å². The van der Waals surface area contributed by atoms with Crippen LogP contribution in [-0.4, -0.2) is 35.2 Å². The third-order valence-electron chi connectivity index (χ3n) is 5.14. The van der Waals surface area contributed by atoms with Crippen LogP contribution >= 0.6 is 0 Å². The summed E-state index contributed by atoms with van der Waals surface area (Å²) in [5, 5.41) is 16.3. The summed E-state index contributed by atoms with van der Waals surface area (Å²) < 4.78 is 0. The number of nitrogens with one attached hydrogen (secondary N) is 2. The van der Waals surface area contributed by atoms with Crippen molar-refractivity contribution < 1.29 is 9.90 Å². The Morgan fingerprint density at radius 1 is 1.28 bits per heavy atom. The van der Waals surface area contributed by atoms with Crippen LogP contribution in [0.4, 0.5) is 0 Å². The van der Waals surface area contributed by atoms with Crippen LogP contribution in [0.2, 0.25) is 0 Å². The molecule has 0 radical (unpaired) electrons. The summed E-state index contributed by atoms with van der Waals surface area (Å²) >= 11 is 0. The maximum absolute atomic E-state index is 12.4. The van der Waals surface area contributed by atoms with E-state index in [0.717, 1.165) is 38.5 Å². The van der Waals surface area contributed by atoms with E-state index in [9.17, 15) is 9.90 Å². The molecule has 2 heterocycles. The lowest BCUT2D eigenvalue weighted by Crippen LogP contribution is -2.55. The minimum absolute atomic E-state index is 0.0903. The van der Waals surface area contributed by atoms with Crippen molar-refractivity contribution in [2.75, 3.05) is 6.61 Å². The van der Waals surface area contributed by atoms with Gasteiger partial charge in [0.1, 0.15) is 0 Å². The summed E-state index contributed by atoms with van der Waals surface area (Å²) in [7, 11) is 0. The van der Waals surface area contributed by atoms with E-state index in [-0.39, 0.29) is 24.0 Å². The van der Waals surface area contributed by atoms with Crippen molar-refractivity contribution in [1.82, 2.24) is 10.6 Å². The number of carbonyl (C=O) groups excluding carboxylic acids is 1. The van der Waals surface area contributed by atoms with E-state index in [0.29, 0.717) is 12.1 Å². The average Bonchev–Trinajstić information content (AvgIpc) is 3.02. The highest BCUT2D eigenvalue weighted by Gasteiger charge is 2.44. The van der Waals surface area contributed by atoms with Crippen molar-refractivity contribution in [3.63, 3.8) is 0 Å². The predicted octanol–water partition coefficient (Wildman–Crippen LogP) is 0.938. The fourth-order valence-corrected chi connectivity index (χ4v) is 4.02. The topological polar surface area (TPSA) is 61.4 Å². The first-order chi connectivity index (χ1) is 8.72. The molecule has 3 unspecified atom stereocenters. The van der Waals surface area contributed by atoms with E-state index in [2.05, 4.69) is 10.6 Å². The minimum Gasteiger partial charge on any atom is -0.394 e. The molecule has 1 aliphatic carbocycles. The monoisotopic (exact) mass is 252 g/mol. The standard InChI is InChI=1S/C14H24N2O2/c17-9-14(6-2-1-3-7-14)16-13(18)11-8-10-4-5-12(11)15-10/h10-12,15,17H,1-9H2,(H,16,18). The second-order valence-electron chi connectivity index (χ2n) is 6.38. The lowest BCUT2D eigenvalue weighted by molar-refractivity contribution is -0.128. The van der Waals surface area contributed by atoms with Gasteiger partial charge in [0.15, 0.2) is 0 Å². The van der Waals surface area contributed by atoms with E-state index in [1.807, 2.05) is 0 Å². The predicted molar refractivity (Wildman–Crippen MR) is 69.1 cm³/mol. The first-order valence-electron chi connectivity index (χ1n) is 7.41. The van der Waals surface area contributed by atoms with Gasteiger partial charge in [0.25, 0.3) is 0 Å². The number of carbonyl (C=O) groups is 1. The maximum atomic E-state index is 12.4. The number of aliphatic hydroxyl groups is 1. The molecular weight excluding hydrogens is 228 g/mol. The molecule has 0 aromatic rings. The molecule has 1 amide bonds. The highest BCUT2D eigenvalue weighted by molar-refractivity contribution is 5.81. The average molecular weight is 252 g/mol. The van der Waals surface area contributed by atoms with E-state index >= 15 is 0 Å². The molecule has 0 aromatic carbocycles. The zero-order chi connectivity index (χ0) is 12.6. The fraction of sp³-hybridized carbons (Fsp3) is 0.929. The largest absolute Gasteiger partial charge is 0.394 e. The number of hydrogen-bond acceptors (Lipinski definition) is 3. The van der Waals surface area contributed by atoms with Crippen LogP contribution in [0.1, 0.15) is 51.4 Å². The molecule has 3 rings (SSSR count). The van der Waals surface area contributed by atoms with Crippen LogP contribution in [0.15, 0.2) is 0 Å². The van der Waals surface area contributed by atoms with E-state index in [4.69, 9.17) is 0 Å². The number of amides is 1. The number of hydrogen-bond donors (Lipinski definition) is 3. The Morgan fingerprint density at radius 2 is 2.06 bits per heavy atom. The Balaban J connectivity index is 1.62. The highest BCUT2D eigenvalue weighted by Crippen LogP contribution is 2.35. The number of rotatable bonds is 3. The third kappa shape index (κ3) is 2.16. The molecule has 4 heteroatoms. The van der Waals surface area contributed by atoms with Gasteiger partial charge in [-0.15, -0.1) is 0 Å². The molecule has 0 aromatic heterocycles. The summed E-state index contributed by atoms with van der Waals surface area (Å²) in [6.45, 7) is 0.0903. The molecule has 3 N–H and O–H groups in total. The summed E-state index contributed by atoms with van der Waals surface area (Å²) in [5.74, 6) is 0.305. The number of fused-ring (bicyclic) bond motifs is 2. The number of aliphatic hydroxyl groups excluding tert-OH is 1. The Morgan fingerprint density at radius 3 is 2.61 bits per heavy atom. The molecule has 1 saturated carbocycles. The normalized spacial score (nSPS) is 37.7. The van der Waals surface area contributed by atoms with E-state index in [1.165, 1.54) is 12.8 Å². The quantitative estimate of drug-likeness (QED) is 0.700. The first kappa shape index (κ1) is 12.4. The zero-order valence-electron chi connectivity index (χ0n) is 11.0. The van der Waals surface area contributed by atoms with Gasteiger partial charge in [-0.3, -0.25) is 4.79 Å². The van der Waals surface area contributed by atoms with Gasteiger partial charge >= 0.3 is 0 Å². The molecule has 2 saturated heterocycles. The second-order valence-corrected chi connectivity index (χ2v) is 6.38. The van der Waals surface area contributed by atoms with Gasteiger partial charge in [0.2, 0.25) is 5.91 Å². The lowest BCUT2D eigenvalue weighted by Gasteiger charge is -2.38. The van der Waals surface area contributed by atoms with Crippen molar-refractivity contribution in [2.45, 2.75) is 69.0 Å². The summed E-state index contributed by atoms with van der Waals surface area (Å²) in [5.41, 5.74) is -0.322. The van der Waals surface area contributed by atoms with Gasteiger partial charge in [0, 0.05) is 12.1 Å². The summed E-state index contributed by atoms with van der Waals surface area (Å²) in [6, 6.07) is 0.941. The highest BCUT2D eigenvalue weighted by atomic mass is 16.3. The van der Waals surface area contributed by atoms with Crippen molar-refractivity contribution >= 4 is 5.91 Å². The molecule has 3 fully saturated rings. The Hall–Kier alpha value is -0.610. The zero-order valence-corrected chi connectivity index (χ0v) is 11.0. The van der Waals surface area contributed by atoms with Crippen LogP contribution in [0.3, 0.4) is 0 Å². The minimum atomic E-state index is -0.322. The van der Waals surface area contributed by atoms with Crippen molar-refractivity contribution in [1.29, 1.82) is 0 Å². The van der Waals surface area contributed by atoms with Gasteiger partial charge < -0.3 is 15.7 Å². The summed E-state index contributed by atoms with van der Waals surface area (Å²) in [4.78, 5) is 12.4. The van der Waals surface area contributed by atoms with Crippen molar-refractivity contribution in [2.24, 2.45) is 5.92 Å². The van der Waals surface area contributed by atoms with Crippen LogP contribution < -0.4 is 10.6 Å². The maximum Gasteiger partial charge on any atom is 0.225 e. The van der Waals surface area contributed by atoms with E-state index < -0.39 is 0 Å². The van der Waals surface area contributed by atoms with Gasteiger partial charge in [-0.05, 0) is 32.1 Å². The smallest absolute Gasteiger partial charge is 0.225 e. The third-order valence-corrected chi connectivity index (χ3v) is 5.14. The molecule has 18 heavy (non-hydrogen) atoms. The lowest BCUT2D eigenvalue weighted by atomic mass is 9.81. The van der Waals surface area contributed by atoms with Gasteiger partial charge in [-0.2, -0.15) is 0 Å². The van der Waals surface area contributed by atoms with Crippen molar-refractivity contribution in [3.8, 4) is 0 Å². The molecule has 2 aliphatic heterocycles. The van der Waals surface area contributed by atoms with E-state index in [1.54, 1.807) is 0 Å². The van der Waals surface area contributed by atoms with Gasteiger partial charge in [-0.1, -0.05) is 19.3 Å². The Bertz CT molecular complexity index is 326. The van der Waals surface area contributed by atoms with Gasteiger partial charge in [-0.25, -0.2) is 0 Å². The SMILES string of the molecule is O=C(NC1(CO)CCCCC1)C1CC2CCC1N2. The first-order valence-corrected chi connectivity index (χ1v) is 7.41. The summed E-state index contributed by atoms with van der Waals surface area (Å²) in [6.07, 6.45) is 8.68. The van der Waals surface area contributed by atoms with Crippen LogP contribution in [0.5, 0.6) is 0 Å². The molecule has 3 aliphatic rings. The molecule has 4 nitrogen and oxygen atoms in total. The van der Waals surface area contributed by atoms with Crippen LogP contribution in [-0.2, 0) is 4.79 Å². The molecular formula is C14H24N2O2. The molecule has 3 atom stereocenters. The van der Waals surface area contributed by atoms with Crippen LogP contribution in [0, 0.1) is 5.92 Å². The Labute approximate surface area is 109 Å². The Kier molecular flexibility index (Phi) is 3.32. The molecule has 102 valence electrons. The fourth-order valence-electron chi connectivity index (χ4n) is 4.02.